The second-order valence-electron chi connectivity index (χ2n) is 27.1. The van der Waals surface area contributed by atoms with Gasteiger partial charge >= 0.3 is 0 Å². The van der Waals surface area contributed by atoms with E-state index in [-0.39, 0.29) is 0 Å². The highest BCUT2D eigenvalue weighted by Gasteiger charge is 2.35. The Hall–Kier alpha value is -4.60. The van der Waals surface area contributed by atoms with Gasteiger partial charge in [-0.2, -0.15) is 0 Å². The van der Waals surface area contributed by atoms with Crippen molar-refractivity contribution in [2.75, 3.05) is 0 Å². The average molecular weight is 1140 g/mol. The fraction of sp³-hybridized carbons (Fsp3) is 0.500. The molecule has 9 heterocycles. The van der Waals surface area contributed by atoms with Crippen molar-refractivity contribution < 1.29 is 0 Å². The molecule has 426 valence electrons. The topological polar surface area (TPSA) is 57.4 Å². The van der Waals surface area contributed by atoms with Crippen molar-refractivity contribution in [3.05, 3.63) is 113 Å². The number of rotatable bonds is 20. The molecule has 0 aliphatic carbocycles. The summed E-state index contributed by atoms with van der Waals surface area (Å²) >= 11 is 7.71. The lowest BCUT2D eigenvalue weighted by atomic mass is 9.86. The van der Waals surface area contributed by atoms with Gasteiger partial charge in [-0.05, 0) is 219 Å². The van der Waals surface area contributed by atoms with Crippen LogP contribution in [0.2, 0.25) is 0 Å². The molecule has 0 amide bonds. The highest BCUT2D eigenvalue weighted by atomic mass is 32.1. The molecule has 2 aliphatic rings. The van der Waals surface area contributed by atoms with Gasteiger partial charge < -0.3 is 9.97 Å². The molecule has 8 bridgehead atoms. The molecule has 0 unspecified atom stereocenters. The zero-order valence-electron chi connectivity index (χ0n) is 52.4. The van der Waals surface area contributed by atoms with Gasteiger partial charge in [-0.15, -0.1) is 45.3 Å². The van der Waals surface area contributed by atoms with Crippen LogP contribution in [0.4, 0.5) is 0 Å². The Balaban J connectivity index is 1.77. The quantitative estimate of drug-likeness (QED) is 0.0799. The van der Waals surface area contributed by atoms with E-state index in [0.717, 1.165) is 74.1 Å². The average Bonchev–Trinajstić information content (AvgIpc) is 4.26. The van der Waals surface area contributed by atoms with Gasteiger partial charge in [0.25, 0.3) is 0 Å². The first-order valence-electron chi connectivity index (χ1n) is 30.5. The molecular formula is C72H94N4S4. The van der Waals surface area contributed by atoms with E-state index >= 15 is 0 Å². The van der Waals surface area contributed by atoms with E-state index in [2.05, 4.69) is 197 Å². The third kappa shape index (κ3) is 12.5. The minimum absolute atomic E-state index is 0.409. The van der Waals surface area contributed by atoms with Crippen LogP contribution >= 0.6 is 45.3 Å². The third-order valence-electron chi connectivity index (χ3n) is 15.5. The zero-order valence-corrected chi connectivity index (χ0v) is 55.7. The number of thiophene rings is 4. The van der Waals surface area contributed by atoms with E-state index in [4.69, 9.17) is 9.97 Å². The van der Waals surface area contributed by atoms with Gasteiger partial charge in [0.05, 0.1) is 44.8 Å². The molecule has 4 nitrogen and oxygen atoms in total. The lowest BCUT2D eigenvalue weighted by Gasteiger charge is -2.17. The molecular weight excluding hydrogens is 1050 g/mol. The fourth-order valence-corrected chi connectivity index (χ4v) is 16.3. The first kappa shape index (κ1) is 60.0. The summed E-state index contributed by atoms with van der Waals surface area (Å²) in [5.74, 6) is 3.30. The van der Waals surface area contributed by atoms with Crippen molar-refractivity contribution >= 4 is 89.7 Å². The molecule has 7 aromatic rings. The van der Waals surface area contributed by atoms with Crippen molar-refractivity contribution in [2.45, 2.75) is 190 Å². The number of aryl methyl sites for hydroxylation is 4. The van der Waals surface area contributed by atoms with E-state index in [0.29, 0.717) is 47.3 Å². The molecule has 0 atom stereocenters. The van der Waals surface area contributed by atoms with Gasteiger partial charge in [-0.1, -0.05) is 111 Å². The van der Waals surface area contributed by atoms with Crippen molar-refractivity contribution in [3.8, 4) is 41.8 Å². The molecule has 0 saturated heterocycles. The Labute approximate surface area is 498 Å². The first-order valence-corrected chi connectivity index (χ1v) is 33.8. The van der Waals surface area contributed by atoms with Gasteiger partial charge in [-0.3, -0.25) is 0 Å². The van der Waals surface area contributed by atoms with Crippen LogP contribution in [0.15, 0.2) is 48.5 Å². The predicted octanol–water partition coefficient (Wildman–Crippen LogP) is 23.3. The Morgan fingerprint density at radius 2 is 0.475 bits per heavy atom. The molecule has 80 heavy (non-hydrogen) atoms. The Kier molecular flexibility index (Phi) is 18.5. The molecule has 9 rings (SSSR count). The molecule has 0 aromatic carbocycles. The minimum atomic E-state index is 0.409. The summed E-state index contributed by atoms with van der Waals surface area (Å²) in [4.78, 5) is 32.3. The van der Waals surface area contributed by atoms with Crippen LogP contribution in [0.1, 0.15) is 201 Å². The van der Waals surface area contributed by atoms with Crippen LogP contribution in [-0.2, 0) is 25.7 Å². The Bertz CT molecular complexity index is 3160. The lowest BCUT2D eigenvalue weighted by Crippen LogP contribution is -2.02. The SMILES string of the molecule is Cc1ccc(-c2c3nc(c(-c4ccc(C)s4)c4[nH]c(c(CC(C)C)c4CC(C)C)c(-c4ccc(C)s4)c4nc(c(-c5ccc(C)s5)c5[nH]c2c(CC(C)C)c5CC(C)C)C(CC(C)C)=C4CC(C)C)C(CC(C)C)=C3CC(C)C)s1. The summed E-state index contributed by atoms with van der Waals surface area (Å²) in [5.41, 5.74) is 26.0. The summed E-state index contributed by atoms with van der Waals surface area (Å²) in [6.07, 6.45) is 7.55. The normalized spacial score (nSPS) is 13.4. The molecule has 2 aliphatic heterocycles. The summed E-state index contributed by atoms with van der Waals surface area (Å²) < 4.78 is 0. The maximum Gasteiger partial charge on any atom is 0.0780 e. The largest absolute Gasteiger partial charge is 0.354 e. The Morgan fingerprint density at radius 1 is 0.287 bits per heavy atom. The van der Waals surface area contributed by atoms with Crippen molar-refractivity contribution in [1.29, 1.82) is 0 Å². The fourth-order valence-electron chi connectivity index (χ4n) is 12.7. The maximum absolute atomic E-state index is 6.41. The third-order valence-corrected chi connectivity index (χ3v) is 19.6. The van der Waals surface area contributed by atoms with Gasteiger partial charge in [0.2, 0.25) is 0 Å². The number of fused-ring (bicyclic) bond motifs is 8. The molecule has 8 heteroatoms. The summed E-state index contributed by atoms with van der Waals surface area (Å²) in [6, 6.07) is 19.0. The van der Waals surface area contributed by atoms with Crippen LogP contribution in [0, 0.1) is 75.0 Å². The van der Waals surface area contributed by atoms with Crippen LogP contribution in [0.5, 0.6) is 0 Å². The summed E-state index contributed by atoms with van der Waals surface area (Å²) in [7, 11) is 0. The van der Waals surface area contributed by atoms with E-state index in [1.54, 1.807) is 0 Å². The molecule has 0 fully saturated rings. The van der Waals surface area contributed by atoms with Crippen LogP contribution < -0.4 is 0 Å². The number of allylic oxidation sites excluding steroid dienone is 4. The second kappa shape index (κ2) is 24.7. The van der Waals surface area contributed by atoms with Crippen LogP contribution in [0.3, 0.4) is 0 Å². The summed E-state index contributed by atoms with van der Waals surface area (Å²) in [6.45, 7) is 47.8. The van der Waals surface area contributed by atoms with Gasteiger partial charge in [0, 0.05) is 61.3 Å². The minimum Gasteiger partial charge on any atom is -0.354 e. The van der Waals surface area contributed by atoms with Gasteiger partial charge in [-0.25, -0.2) is 9.97 Å². The molecule has 0 spiro atoms. The van der Waals surface area contributed by atoms with Crippen molar-refractivity contribution in [3.63, 3.8) is 0 Å². The van der Waals surface area contributed by atoms with E-state index in [1.165, 1.54) is 128 Å². The molecule has 2 N–H and O–H groups in total. The number of hydrogen-bond donors (Lipinski definition) is 2. The van der Waals surface area contributed by atoms with E-state index in [1.807, 2.05) is 45.3 Å². The molecule has 0 radical (unpaired) electrons. The monoisotopic (exact) mass is 1140 g/mol. The zero-order chi connectivity index (χ0) is 57.8. The highest BCUT2D eigenvalue weighted by Crippen LogP contribution is 2.54. The standard InChI is InChI=1S/C72H94N4S4/c1-37(2)29-49-50(30-38(3)4)66-62(58-26-22-46(18)78-58)68-53(33-41(9)10)54(34-42(11)12)70(75-68)64(60-28-24-48(20)80-60)72-56(36-44(15)16)55(35-43(13)14)71(76-72)63(59-27-23-47(19)79-59)69-52(32-40(7)8)51(31-39(5)6)67(74-69)61(65(49)73-66)57-25-21-45(17)77-57/h21-28,37-44,73,76H,29-36H2,1-20H3. The van der Waals surface area contributed by atoms with Crippen LogP contribution in [-0.4, -0.2) is 19.9 Å². The van der Waals surface area contributed by atoms with Crippen LogP contribution in [0.25, 0.3) is 86.1 Å². The number of H-pyrrole nitrogens is 2. The van der Waals surface area contributed by atoms with Crippen molar-refractivity contribution in [1.82, 2.24) is 19.9 Å². The lowest BCUT2D eigenvalue weighted by molar-refractivity contribution is 0.622. The van der Waals surface area contributed by atoms with E-state index < -0.39 is 0 Å². The van der Waals surface area contributed by atoms with Crippen molar-refractivity contribution in [2.24, 2.45) is 47.3 Å². The Morgan fingerprint density at radius 3 is 0.625 bits per heavy atom. The smallest absolute Gasteiger partial charge is 0.0780 e. The molecule has 0 saturated carbocycles. The first-order chi connectivity index (χ1) is 37.9. The van der Waals surface area contributed by atoms with Gasteiger partial charge in [0.15, 0.2) is 0 Å². The maximum atomic E-state index is 6.41. The number of nitrogens with one attached hydrogen (secondary N) is 2. The van der Waals surface area contributed by atoms with E-state index in [9.17, 15) is 0 Å². The van der Waals surface area contributed by atoms with Gasteiger partial charge in [0.1, 0.15) is 0 Å². The molecule has 7 aromatic heterocycles. The highest BCUT2D eigenvalue weighted by molar-refractivity contribution is 7.16. The summed E-state index contributed by atoms with van der Waals surface area (Å²) in [5, 5.41) is 0. The number of aromatic amines is 2. The predicted molar refractivity (Wildman–Crippen MR) is 359 cm³/mol. The number of aromatic nitrogens is 4. The second-order valence-corrected chi connectivity index (χ2v) is 32.3. The number of hydrogen-bond acceptors (Lipinski definition) is 6. The number of nitrogens with zero attached hydrogens (tertiary/aromatic N) is 2.